The first-order valence-electron chi connectivity index (χ1n) is 5.88. The number of aromatic nitrogens is 1. The van der Waals surface area contributed by atoms with Crippen LogP contribution >= 0.6 is 11.3 Å². The minimum absolute atomic E-state index is 0.381. The lowest BCUT2D eigenvalue weighted by atomic mass is 10.1. The van der Waals surface area contributed by atoms with Crippen molar-refractivity contribution in [1.29, 1.82) is 0 Å². The topological polar surface area (TPSA) is 125 Å². The van der Waals surface area contributed by atoms with E-state index in [-0.39, 0.29) is 4.21 Å². The smallest absolute Gasteiger partial charge is 0.356 e. The summed E-state index contributed by atoms with van der Waals surface area (Å²) in [5.74, 6) is -1.82. The molecule has 0 aromatic carbocycles. The molecule has 0 radical (unpaired) electrons. The second-order valence-corrected chi connectivity index (χ2v) is 7.02. The van der Waals surface area contributed by atoms with E-state index in [4.69, 9.17) is 5.11 Å². The molecule has 8 nitrogen and oxygen atoms in total. The Labute approximate surface area is 119 Å². The van der Waals surface area contributed by atoms with Crippen molar-refractivity contribution in [3.63, 3.8) is 0 Å². The van der Waals surface area contributed by atoms with Crippen LogP contribution in [0, 0.1) is 0 Å². The molecule has 10 heteroatoms. The van der Waals surface area contributed by atoms with E-state index in [0.29, 0.717) is 30.7 Å². The number of hydrogen-bond donors (Lipinski definition) is 3. The molecule has 0 bridgehead atoms. The number of rotatable bonds is 4. The number of hydrogen-bond acceptors (Lipinski definition) is 6. The molecule has 3 N–H and O–H groups in total. The monoisotopic (exact) mass is 319 g/mol. The molecule has 2 rings (SSSR count). The fraction of sp³-hybridized carbons (Fsp3) is 0.500. The highest BCUT2D eigenvalue weighted by atomic mass is 32.2. The standard InChI is InChI=1S/C10H13N3O5S2/c14-8-6(3-1-2-4-11-8)13-20(17,18)10-7(9(15)16)12-5-19-10/h5-6,13H,1-4H2,(H,11,14)(H,15,16). The van der Waals surface area contributed by atoms with E-state index in [1.54, 1.807) is 0 Å². The molecule has 110 valence electrons. The molecule has 0 aliphatic carbocycles. The molecule has 1 saturated heterocycles. The summed E-state index contributed by atoms with van der Waals surface area (Å²) in [6, 6.07) is -0.883. The predicted octanol–water partition coefficient (Wildman–Crippen LogP) is -0.212. The molecule has 1 aliphatic heterocycles. The average molecular weight is 319 g/mol. The Kier molecular flexibility index (Phi) is 4.35. The molecule has 0 spiro atoms. The molecular formula is C10H13N3O5S2. The highest BCUT2D eigenvalue weighted by Crippen LogP contribution is 2.21. The molecular weight excluding hydrogens is 306 g/mol. The molecule has 2 heterocycles. The van der Waals surface area contributed by atoms with Gasteiger partial charge < -0.3 is 10.4 Å². The number of aromatic carboxylic acids is 1. The van der Waals surface area contributed by atoms with Crippen LogP contribution in [0.15, 0.2) is 9.72 Å². The van der Waals surface area contributed by atoms with Crippen LogP contribution in [0.5, 0.6) is 0 Å². The van der Waals surface area contributed by atoms with Gasteiger partial charge in [0.05, 0.1) is 5.51 Å². The second kappa shape index (κ2) is 5.85. The molecule has 0 saturated carbocycles. The molecule has 1 amide bonds. The number of carboxylic acid groups (broad SMARTS) is 1. The summed E-state index contributed by atoms with van der Waals surface area (Å²) in [4.78, 5) is 26.1. The second-order valence-electron chi connectivity index (χ2n) is 4.25. The summed E-state index contributed by atoms with van der Waals surface area (Å²) >= 11 is 0.706. The third kappa shape index (κ3) is 3.14. The van der Waals surface area contributed by atoms with Crippen molar-refractivity contribution in [2.75, 3.05) is 6.54 Å². The van der Waals surface area contributed by atoms with Gasteiger partial charge in [-0.3, -0.25) is 4.79 Å². The quantitative estimate of drug-likeness (QED) is 0.705. The van der Waals surface area contributed by atoms with Gasteiger partial charge in [-0.15, -0.1) is 11.3 Å². The lowest BCUT2D eigenvalue weighted by Gasteiger charge is -2.14. The summed E-state index contributed by atoms with van der Waals surface area (Å²) in [5, 5.41) is 11.5. The zero-order chi connectivity index (χ0) is 14.8. The molecule has 1 aliphatic rings. The third-order valence-electron chi connectivity index (χ3n) is 2.81. The van der Waals surface area contributed by atoms with Crippen molar-refractivity contribution in [2.24, 2.45) is 0 Å². The van der Waals surface area contributed by atoms with Crippen LogP contribution in [0.3, 0.4) is 0 Å². The Hall–Kier alpha value is -1.52. The molecule has 1 aromatic heterocycles. The van der Waals surface area contributed by atoms with E-state index in [1.165, 1.54) is 0 Å². The van der Waals surface area contributed by atoms with Gasteiger partial charge in [0, 0.05) is 6.54 Å². The van der Waals surface area contributed by atoms with Crippen molar-refractivity contribution >= 4 is 33.2 Å². The number of nitrogens with one attached hydrogen (secondary N) is 2. The van der Waals surface area contributed by atoms with Gasteiger partial charge in [0.1, 0.15) is 6.04 Å². The van der Waals surface area contributed by atoms with Crippen molar-refractivity contribution < 1.29 is 23.1 Å². The highest BCUT2D eigenvalue weighted by Gasteiger charge is 2.31. The van der Waals surface area contributed by atoms with E-state index >= 15 is 0 Å². The lowest BCUT2D eigenvalue weighted by molar-refractivity contribution is -0.122. The molecule has 1 aromatic rings. The zero-order valence-electron chi connectivity index (χ0n) is 10.3. The number of carbonyl (C=O) groups excluding carboxylic acids is 1. The summed E-state index contributed by atoms with van der Waals surface area (Å²) in [5.41, 5.74) is 0.613. The number of thiazole rings is 1. The minimum Gasteiger partial charge on any atom is -0.476 e. The van der Waals surface area contributed by atoms with Crippen LogP contribution in [0.4, 0.5) is 0 Å². The van der Waals surface area contributed by atoms with Gasteiger partial charge in [0.25, 0.3) is 10.0 Å². The molecule has 1 unspecified atom stereocenters. The van der Waals surface area contributed by atoms with E-state index in [9.17, 15) is 18.0 Å². The summed E-state index contributed by atoms with van der Waals surface area (Å²) < 4.78 is 26.2. The maximum Gasteiger partial charge on any atom is 0.356 e. The summed E-state index contributed by atoms with van der Waals surface area (Å²) in [6.45, 7) is 0.512. The SMILES string of the molecule is O=C(O)c1ncsc1S(=O)(=O)NC1CCCCNC1=O. The van der Waals surface area contributed by atoms with Gasteiger partial charge in [0.15, 0.2) is 9.90 Å². The van der Waals surface area contributed by atoms with E-state index in [1.807, 2.05) is 0 Å². The van der Waals surface area contributed by atoms with E-state index in [0.717, 1.165) is 11.9 Å². The Morgan fingerprint density at radius 2 is 2.25 bits per heavy atom. The zero-order valence-corrected chi connectivity index (χ0v) is 12.0. The molecule has 1 fully saturated rings. The average Bonchev–Trinajstić information content (AvgIpc) is 2.79. The molecule has 1 atom stereocenters. The van der Waals surface area contributed by atoms with Gasteiger partial charge in [-0.2, -0.15) is 4.72 Å². The maximum atomic E-state index is 12.2. The third-order valence-corrected chi connectivity index (χ3v) is 5.66. The predicted molar refractivity (Wildman–Crippen MR) is 70.0 cm³/mol. The Morgan fingerprint density at radius 1 is 1.50 bits per heavy atom. The number of sulfonamides is 1. The van der Waals surface area contributed by atoms with Crippen LogP contribution in [0.1, 0.15) is 29.8 Å². The number of amides is 1. The summed E-state index contributed by atoms with van der Waals surface area (Å²) in [7, 11) is -4.08. The largest absolute Gasteiger partial charge is 0.476 e. The summed E-state index contributed by atoms with van der Waals surface area (Å²) in [6.07, 6.45) is 1.87. The first-order chi connectivity index (χ1) is 9.42. The highest BCUT2D eigenvalue weighted by molar-refractivity contribution is 7.91. The first-order valence-corrected chi connectivity index (χ1v) is 8.25. The number of carbonyl (C=O) groups is 2. The van der Waals surface area contributed by atoms with Crippen LogP contribution in [0.2, 0.25) is 0 Å². The van der Waals surface area contributed by atoms with Crippen LogP contribution in [-0.4, -0.2) is 43.0 Å². The van der Waals surface area contributed by atoms with Crippen molar-refractivity contribution in [1.82, 2.24) is 15.0 Å². The fourth-order valence-electron chi connectivity index (χ4n) is 1.86. The Morgan fingerprint density at radius 3 is 2.95 bits per heavy atom. The van der Waals surface area contributed by atoms with Gasteiger partial charge in [0.2, 0.25) is 5.91 Å². The van der Waals surface area contributed by atoms with Gasteiger partial charge in [-0.05, 0) is 19.3 Å². The van der Waals surface area contributed by atoms with Crippen LogP contribution < -0.4 is 10.0 Å². The van der Waals surface area contributed by atoms with Crippen LogP contribution in [-0.2, 0) is 14.8 Å². The number of nitrogens with zero attached hydrogens (tertiary/aromatic N) is 1. The molecule has 20 heavy (non-hydrogen) atoms. The normalized spacial score (nSPS) is 20.2. The van der Waals surface area contributed by atoms with E-state index < -0.39 is 33.6 Å². The van der Waals surface area contributed by atoms with Crippen molar-refractivity contribution in [2.45, 2.75) is 29.5 Å². The fourth-order valence-corrected chi connectivity index (χ4v) is 4.25. The van der Waals surface area contributed by atoms with E-state index in [2.05, 4.69) is 15.0 Å². The maximum absolute atomic E-state index is 12.2. The number of carboxylic acids is 1. The first kappa shape index (κ1) is 14.9. The minimum atomic E-state index is -4.08. The van der Waals surface area contributed by atoms with Gasteiger partial charge >= 0.3 is 5.97 Å². The van der Waals surface area contributed by atoms with Crippen molar-refractivity contribution in [3.05, 3.63) is 11.2 Å². The van der Waals surface area contributed by atoms with Crippen LogP contribution in [0.25, 0.3) is 0 Å². The Bertz CT molecular complexity index is 625. The lowest BCUT2D eigenvalue weighted by Crippen LogP contribution is -2.45. The van der Waals surface area contributed by atoms with Crippen molar-refractivity contribution in [3.8, 4) is 0 Å². The van der Waals surface area contributed by atoms with Gasteiger partial charge in [-0.25, -0.2) is 18.2 Å². The Balaban J connectivity index is 2.24. The van der Waals surface area contributed by atoms with Gasteiger partial charge in [-0.1, -0.05) is 0 Å².